The molecule has 0 saturated heterocycles. The van der Waals surface area contributed by atoms with E-state index in [2.05, 4.69) is 24.3 Å². The number of rotatable bonds is 4. The number of hydrogen-bond donors (Lipinski definition) is 1. The predicted octanol–water partition coefficient (Wildman–Crippen LogP) is 4.03. The minimum atomic E-state index is -4.55. The molecule has 3 aliphatic carbocycles. The van der Waals surface area contributed by atoms with E-state index in [0.717, 1.165) is 19.3 Å². The van der Waals surface area contributed by atoms with Gasteiger partial charge in [0.25, 0.3) is 5.56 Å². The Hall–Kier alpha value is -2.38. The number of hydrogen-bond acceptors (Lipinski definition) is 3. The highest BCUT2D eigenvalue weighted by atomic mass is 19.4. The summed E-state index contributed by atoms with van der Waals surface area (Å²) in [5.74, 6) is 0.358. The van der Waals surface area contributed by atoms with Crippen molar-refractivity contribution in [2.24, 2.45) is 23.2 Å². The molecular formula is C21H24F3N3O2. The first-order chi connectivity index (χ1) is 13.6. The number of nitrogens with one attached hydrogen (secondary N) is 1. The second-order valence-electron chi connectivity index (χ2n) is 8.91. The first-order valence-corrected chi connectivity index (χ1v) is 9.93. The van der Waals surface area contributed by atoms with Crippen molar-refractivity contribution in [1.29, 1.82) is 0 Å². The quantitative estimate of drug-likeness (QED) is 0.832. The highest BCUT2D eigenvalue weighted by Crippen LogP contribution is 2.61. The monoisotopic (exact) mass is 407 g/mol. The fourth-order valence-corrected chi connectivity index (χ4v) is 5.21. The van der Waals surface area contributed by atoms with Gasteiger partial charge in [0.2, 0.25) is 5.91 Å². The number of carbonyl (C=O) groups excluding carboxylic acids is 1. The number of benzene rings is 1. The van der Waals surface area contributed by atoms with Crippen LogP contribution in [0.5, 0.6) is 0 Å². The Morgan fingerprint density at radius 3 is 2.66 bits per heavy atom. The molecule has 1 aromatic heterocycles. The van der Waals surface area contributed by atoms with Crippen LogP contribution in [-0.2, 0) is 11.2 Å². The predicted molar refractivity (Wildman–Crippen MR) is 103 cm³/mol. The number of aromatic nitrogens is 2. The molecule has 8 heteroatoms. The molecule has 5 rings (SSSR count). The summed E-state index contributed by atoms with van der Waals surface area (Å²) in [6.45, 7) is 4.43. The van der Waals surface area contributed by atoms with Crippen molar-refractivity contribution in [1.82, 2.24) is 9.66 Å². The first-order valence-electron chi connectivity index (χ1n) is 9.93. The van der Waals surface area contributed by atoms with Crippen LogP contribution < -0.4 is 11.0 Å². The van der Waals surface area contributed by atoms with Gasteiger partial charge in [-0.1, -0.05) is 26.0 Å². The summed E-state index contributed by atoms with van der Waals surface area (Å²) >= 11 is 0. The zero-order valence-corrected chi connectivity index (χ0v) is 16.4. The van der Waals surface area contributed by atoms with Crippen molar-refractivity contribution in [3.63, 3.8) is 0 Å². The molecule has 3 atom stereocenters. The van der Waals surface area contributed by atoms with E-state index in [9.17, 15) is 22.8 Å². The highest BCUT2D eigenvalue weighted by Gasteiger charge is 2.54. The fraction of sp³-hybridized carbons (Fsp3) is 0.571. The van der Waals surface area contributed by atoms with Gasteiger partial charge >= 0.3 is 6.18 Å². The molecule has 5 nitrogen and oxygen atoms in total. The summed E-state index contributed by atoms with van der Waals surface area (Å²) in [5, 5.41) is 0.166. The zero-order valence-electron chi connectivity index (χ0n) is 16.4. The smallest absolute Gasteiger partial charge is 0.273 e. The van der Waals surface area contributed by atoms with Gasteiger partial charge in [-0.05, 0) is 54.6 Å². The summed E-state index contributed by atoms with van der Waals surface area (Å²) in [4.78, 5) is 29.5. The van der Waals surface area contributed by atoms with E-state index in [1.807, 2.05) is 0 Å². The second-order valence-corrected chi connectivity index (χ2v) is 8.91. The molecule has 1 aromatic carbocycles. The van der Waals surface area contributed by atoms with Gasteiger partial charge in [-0.15, -0.1) is 0 Å². The van der Waals surface area contributed by atoms with Gasteiger partial charge in [-0.3, -0.25) is 15.0 Å². The van der Waals surface area contributed by atoms with E-state index in [1.54, 1.807) is 12.1 Å². The topological polar surface area (TPSA) is 64.0 Å². The molecule has 0 unspecified atom stereocenters. The third-order valence-electron chi connectivity index (χ3n) is 6.89. The summed E-state index contributed by atoms with van der Waals surface area (Å²) in [6.07, 6.45) is -2.64. The lowest BCUT2D eigenvalue weighted by molar-refractivity contribution is -0.131. The zero-order chi connectivity index (χ0) is 21.0. The van der Waals surface area contributed by atoms with Crippen LogP contribution in [0, 0.1) is 23.2 Å². The van der Waals surface area contributed by atoms with Crippen LogP contribution in [-0.4, -0.2) is 21.7 Å². The van der Waals surface area contributed by atoms with Crippen molar-refractivity contribution in [2.75, 3.05) is 5.43 Å². The van der Waals surface area contributed by atoms with Gasteiger partial charge in [-0.2, -0.15) is 13.2 Å². The molecule has 0 aliphatic heterocycles. The number of amides is 1. The third kappa shape index (κ3) is 3.65. The normalized spacial score (nSPS) is 25.5. The minimum absolute atomic E-state index is 0.166. The van der Waals surface area contributed by atoms with Gasteiger partial charge in [0.1, 0.15) is 12.2 Å². The maximum absolute atomic E-state index is 13.0. The molecular weight excluding hydrogens is 383 g/mol. The summed E-state index contributed by atoms with van der Waals surface area (Å²) in [5.41, 5.74) is 2.09. The van der Waals surface area contributed by atoms with Crippen molar-refractivity contribution in [3.8, 4) is 0 Å². The van der Waals surface area contributed by atoms with Crippen LogP contribution >= 0.6 is 0 Å². The molecule has 1 N–H and O–H groups in total. The Kier molecular flexibility index (Phi) is 4.70. The van der Waals surface area contributed by atoms with Crippen LogP contribution in [0.2, 0.25) is 0 Å². The number of carbonyl (C=O) groups is 1. The van der Waals surface area contributed by atoms with Crippen molar-refractivity contribution in [3.05, 3.63) is 40.4 Å². The summed E-state index contributed by atoms with van der Waals surface area (Å²) in [7, 11) is 0. The molecule has 2 bridgehead atoms. The van der Waals surface area contributed by atoms with E-state index in [1.165, 1.54) is 12.1 Å². The van der Waals surface area contributed by atoms with E-state index < -0.39 is 29.9 Å². The second kappa shape index (κ2) is 6.85. The highest BCUT2D eigenvalue weighted by molar-refractivity contribution is 5.85. The largest absolute Gasteiger partial charge is 0.396 e. The van der Waals surface area contributed by atoms with Gasteiger partial charge in [0, 0.05) is 6.42 Å². The number of para-hydroxylation sites is 1. The number of fused-ring (bicyclic) bond motifs is 3. The van der Waals surface area contributed by atoms with E-state index in [-0.39, 0.29) is 28.7 Å². The molecule has 2 aromatic rings. The summed E-state index contributed by atoms with van der Waals surface area (Å²) < 4.78 is 39.8. The molecule has 3 saturated carbocycles. The van der Waals surface area contributed by atoms with Crippen LogP contribution in [0.4, 0.5) is 13.2 Å². The molecule has 3 aliphatic rings. The summed E-state index contributed by atoms with van der Waals surface area (Å²) in [6, 6.07) is 6.19. The van der Waals surface area contributed by atoms with Gasteiger partial charge in [-0.25, -0.2) is 9.66 Å². The third-order valence-corrected chi connectivity index (χ3v) is 6.89. The van der Waals surface area contributed by atoms with E-state index >= 15 is 0 Å². The fourth-order valence-electron chi connectivity index (χ4n) is 5.21. The molecule has 29 heavy (non-hydrogen) atoms. The molecule has 3 fully saturated rings. The maximum atomic E-state index is 13.0. The van der Waals surface area contributed by atoms with E-state index in [0.29, 0.717) is 16.5 Å². The lowest BCUT2D eigenvalue weighted by atomic mass is 9.45. The maximum Gasteiger partial charge on any atom is 0.396 e. The van der Waals surface area contributed by atoms with Crippen LogP contribution in [0.3, 0.4) is 0 Å². The molecule has 0 spiro atoms. The number of alkyl halides is 3. The van der Waals surface area contributed by atoms with E-state index in [4.69, 9.17) is 0 Å². The Bertz CT molecular complexity index is 1010. The molecule has 1 heterocycles. The van der Waals surface area contributed by atoms with Crippen molar-refractivity contribution in [2.45, 2.75) is 52.1 Å². The van der Waals surface area contributed by atoms with Crippen LogP contribution in [0.15, 0.2) is 29.1 Å². The Labute approximate surface area is 166 Å². The average Bonchev–Trinajstić information content (AvgIpc) is 2.63. The average molecular weight is 407 g/mol. The van der Waals surface area contributed by atoms with Gasteiger partial charge < -0.3 is 0 Å². The number of nitrogens with zero attached hydrogens (tertiary/aromatic N) is 2. The van der Waals surface area contributed by atoms with Crippen molar-refractivity contribution < 1.29 is 18.0 Å². The molecule has 0 radical (unpaired) electrons. The number of halogens is 3. The Balaban J connectivity index is 1.61. The molecule has 156 valence electrons. The Morgan fingerprint density at radius 1 is 1.28 bits per heavy atom. The van der Waals surface area contributed by atoms with Crippen molar-refractivity contribution >= 4 is 16.8 Å². The van der Waals surface area contributed by atoms with Crippen LogP contribution in [0.1, 0.15) is 45.4 Å². The standard InChI is InChI=1S/C21H24F3N3O2/c1-20(2)13-8-7-12(15(20)10-13)9-18(28)26-27-17(11-21(22,23)24)25-16-6-4-3-5-14(16)19(27)29/h3-6,12-13,15H,7-11H2,1-2H3,(H,26,28)/t12-,13-,15-/m0/s1. The molecule has 1 amide bonds. The SMILES string of the molecule is CC1(C)[C@H]2CC[C@@H](CC(=O)Nn3c(CC(F)(F)F)nc4ccccc4c3=O)[C@@H]1C2. The lowest BCUT2D eigenvalue weighted by Crippen LogP contribution is -2.53. The van der Waals surface area contributed by atoms with Gasteiger partial charge in [0.15, 0.2) is 0 Å². The first kappa shape index (κ1) is 19.9. The Morgan fingerprint density at radius 2 is 2.00 bits per heavy atom. The van der Waals surface area contributed by atoms with Gasteiger partial charge in [0.05, 0.1) is 10.9 Å². The van der Waals surface area contributed by atoms with Crippen LogP contribution in [0.25, 0.3) is 10.9 Å². The minimum Gasteiger partial charge on any atom is -0.273 e. The lowest BCUT2D eigenvalue weighted by Gasteiger charge is -2.60.